The van der Waals surface area contributed by atoms with Crippen molar-refractivity contribution >= 4 is 17.8 Å². The van der Waals surface area contributed by atoms with E-state index in [1.165, 1.54) is 0 Å². The second-order valence-corrected chi connectivity index (χ2v) is 7.86. The van der Waals surface area contributed by atoms with Crippen LogP contribution in [0, 0.1) is 6.92 Å². The molecule has 2 rings (SSSR count). The van der Waals surface area contributed by atoms with Gasteiger partial charge in [-0.2, -0.15) is 0 Å². The number of unbranched alkanes of at least 4 members (excludes halogenated alkanes) is 1. The van der Waals surface area contributed by atoms with Crippen molar-refractivity contribution in [3.8, 4) is 0 Å². The largest absolute Gasteiger partial charge is 0.314 e. The first-order valence-corrected chi connectivity index (χ1v) is 8.78. The molecule has 0 radical (unpaired) electrons. The molecule has 0 amide bonds. The molecule has 0 spiro atoms. The minimum atomic E-state index is -2.48. The summed E-state index contributed by atoms with van der Waals surface area (Å²) in [6, 6.07) is 18.0. The van der Waals surface area contributed by atoms with Crippen LogP contribution in [-0.4, -0.2) is 6.16 Å². The Kier molecular flexibility index (Phi) is 4.61. The molecule has 19 heavy (non-hydrogen) atoms. The maximum absolute atomic E-state index is 13.6. The van der Waals surface area contributed by atoms with Crippen molar-refractivity contribution in [1.82, 2.24) is 0 Å². The molecule has 0 bridgehead atoms. The van der Waals surface area contributed by atoms with Crippen LogP contribution in [0.5, 0.6) is 0 Å². The third kappa shape index (κ3) is 2.98. The van der Waals surface area contributed by atoms with Gasteiger partial charge in [-0.15, -0.1) is 0 Å². The molecular weight excluding hydrogens is 251 g/mol. The van der Waals surface area contributed by atoms with Crippen molar-refractivity contribution in [1.29, 1.82) is 0 Å². The first-order valence-electron chi connectivity index (χ1n) is 6.89. The quantitative estimate of drug-likeness (QED) is 0.749. The lowest BCUT2D eigenvalue weighted by atomic mass is 10.2. The number of benzene rings is 2. The molecule has 100 valence electrons. The van der Waals surface area contributed by atoms with Gasteiger partial charge >= 0.3 is 0 Å². The SMILES string of the molecule is CCCC[P@@](=O)(c1ccccc1)c1ccccc1C. The Morgan fingerprint density at radius 2 is 1.58 bits per heavy atom. The highest BCUT2D eigenvalue weighted by atomic mass is 31.2. The van der Waals surface area contributed by atoms with E-state index in [9.17, 15) is 4.57 Å². The van der Waals surface area contributed by atoms with Crippen LogP contribution >= 0.6 is 7.14 Å². The molecule has 0 N–H and O–H groups in total. The van der Waals surface area contributed by atoms with Crippen LogP contribution in [-0.2, 0) is 4.57 Å². The van der Waals surface area contributed by atoms with Crippen LogP contribution in [0.25, 0.3) is 0 Å². The molecule has 0 saturated heterocycles. The molecule has 2 aromatic rings. The molecule has 2 aromatic carbocycles. The molecule has 0 heterocycles. The molecule has 0 aliphatic heterocycles. The lowest BCUT2D eigenvalue weighted by molar-refractivity contribution is 0.585. The van der Waals surface area contributed by atoms with Gasteiger partial charge in [0.2, 0.25) is 0 Å². The number of aryl methyl sites for hydroxylation is 1. The second kappa shape index (κ2) is 6.21. The smallest absolute Gasteiger partial charge is 0.143 e. The number of rotatable bonds is 5. The van der Waals surface area contributed by atoms with Gasteiger partial charge in [0.15, 0.2) is 0 Å². The van der Waals surface area contributed by atoms with E-state index in [-0.39, 0.29) is 0 Å². The molecule has 0 aromatic heterocycles. The lowest BCUT2D eigenvalue weighted by Crippen LogP contribution is -2.20. The first kappa shape index (κ1) is 14.1. The maximum atomic E-state index is 13.6. The summed E-state index contributed by atoms with van der Waals surface area (Å²) in [5.74, 6) is 0. The third-order valence-corrected chi connectivity index (χ3v) is 6.86. The van der Waals surface area contributed by atoms with E-state index in [1.54, 1.807) is 0 Å². The molecule has 0 saturated carbocycles. The highest BCUT2D eigenvalue weighted by Gasteiger charge is 2.27. The van der Waals surface area contributed by atoms with Crippen molar-refractivity contribution in [3.63, 3.8) is 0 Å². The van der Waals surface area contributed by atoms with Crippen molar-refractivity contribution in [2.75, 3.05) is 6.16 Å². The topological polar surface area (TPSA) is 17.1 Å². The Morgan fingerprint density at radius 1 is 0.947 bits per heavy atom. The number of hydrogen-bond donors (Lipinski definition) is 0. The normalized spacial score (nSPS) is 14.0. The van der Waals surface area contributed by atoms with Gasteiger partial charge in [-0.1, -0.05) is 67.9 Å². The van der Waals surface area contributed by atoms with Gasteiger partial charge < -0.3 is 4.57 Å². The Labute approximate surface area is 116 Å². The minimum Gasteiger partial charge on any atom is -0.314 e. The van der Waals surface area contributed by atoms with Gasteiger partial charge in [0.1, 0.15) is 7.14 Å². The Morgan fingerprint density at radius 3 is 2.21 bits per heavy atom. The highest BCUT2D eigenvalue weighted by molar-refractivity contribution is 7.78. The molecule has 0 aliphatic rings. The minimum absolute atomic E-state index is 0.762. The van der Waals surface area contributed by atoms with Gasteiger partial charge in [0.05, 0.1) is 0 Å². The van der Waals surface area contributed by atoms with Gasteiger partial charge in [-0.25, -0.2) is 0 Å². The van der Waals surface area contributed by atoms with Gasteiger partial charge in [-0.05, 0) is 18.9 Å². The lowest BCUT2D eigenvalue weighted by Gasteiger charge is -2.21. The summed E-state index contributed by atoms with van der Waals surface area (Å²) in [7, 11) is -2.48. The van der Waals surface area contributed by atoms with Crippen LogP contribution in [0.3, 0.4) is 0 Å². The molecule has 0 aliphatic carbocycles. The summed E-state index contributed by atoms with van der Waals surface area (Å²) in [4.78, 5) is 0. The molecule has 1 atom stereocenters. The van der Waals surface area contributed by atoms with Gasteiger partial charge in [-0.3, -0.25) is 0 Å². The Bertz CT molecular complexity index is 575. The fourth-order valence-electron chi connectivity index (χ4n) is 2.41. The summed E-state index contributed by atoms with van der Waals surface area (Å²) in [5, 5.41) is 2.01. The molecule has 0 unspecified atom stereocenters. The van der Waals surface area contributed by atoms with E-state index < -0.39 is 7.14 Å². The zero-order valence-corrected chi connectivity index (χ0v) is 12.6. The highest BCUT2D eigenvalue weighted by Crippen LogP contribution is 2.44. The fourth-order valence-corrected chi connectivity index (χ4v) is 5.57. The number of hydrogen-bond acceptors (Lipinski definition) is 1. The summed E-state index contributed by atoms with van der Waals surface area (Å²) >= 11 is 0. The van der Waals surface area contributed by atoms with Crippen LogP contribution in [0.2, 0.25) is 0 Å². The standard InChI is InChI=1S/C17H21OP/c1-3-4-14-19(18,16-11-6-5-7-12-16)17-13-9-8-10-15(17)2/h5-13H,3-4,14H2,1-2H3/t19-/m1/s1. The van der Waals surface area contributed by atoms with Crippen LogP contribution in [0.1, 0.15) is 25.3 Å². The summed E-state index contributed by atoms with van der Waals surface area (Å²) in [5.41, 5.74) is 1.13. The first-order chi connectivity index (χ1) is 9.18. The van der Waals surface area contributed by atoms with Crippen molar-refractivity contribution in [3.05, 3.63) is 60.2 Å². The summed E-state index contributed by atoms with van der Waals surface area (Å²) in [6.45, 7) is 4.20. The van der Waals surface area contributed by atoms with E-state index >= 15 is 0 Å². The average Bonchev–Trinajstić information content (AvgIpc) is 2.46. The van der Waals surface area contributed by atoms with E-state index in [4.69, 9.17) is 0 Å². The predicted molar refractivity (Wildman–Crippen MR) is 84.3 cm³/mol. The second-order valence-electron chi connectivity index (χ2n) is 4.94. The van der Waals surface area contributed by atoms with E-state index in [2.05, 4.69) is 19.9 Å². The van der Waals surface area contributed by atoms with Crippen molar-refractivity contribution in [2.24, 2.45) is 0 Å². The fraction of sp³-hybridized carbons (Fsp3) is 0.294. The molecule has 1 nitrogen and oxygen atoms in total. The van der Waals surface area contributed by atoms with Crippen molar-refractivity contribution < 1.29 is 4.57 Å². The monoisotopic (exact) mass is 272 g/mol. The zero-order chi connectivity index (χ0) is 13.7. The maximum Gasteiger partial charge on any atom is 0.143 e. The summed E-state index contributed by atoms with van der Waals surface area (Å²) in [6.07, 6.45) is 2.83. The van der Waals surface area contributed by atoms with E-state index in [0.29, 0.717) is 0 Å². The average molecular weight is 272 g/mol. The van der Waals surface area contributed by atoms with E-state index in [0.717, 1.165) is 35.2 Å². The summed E-state index contributed by atoms with van der Waals surface area (Å²) < 4.78 is 13.6. The molecule has 2 heteroatoms. The van der Waals surface area contributed by atoms with Gasteiger partial charge in [0.25, 0.3) is 0 Å². The molecular formula is C17H21OP. The van der Waals surface area contributed by atoms with Crippen LogP contribution in [0.4, 0.5) is 0 Å². The van der Waals surface area contributed by atoms with Crippen LogP contribution in [0.15, 0.2) is 54.6 Å². The zero-order valence-electron chi connectivity index (χ0n) is 11.7. The predicted octanol–water partition coefficient (Wildman–Crippen LogP) is 4.11. The Hall–Kier alpha value is -1.33. The van der Waals surface area contributed by atoms with E-state index in [1.807, 2.05) is 48.5 Å². The van der Waals surface area contributed by atoms with Crippen molar-refractivity contribution in [2.45, 2.75) is 26.7 Å². The van der Waals surface area contributed by atoms with Gasteiger partial charge in [0, 0.05) is 16.8 Å². The third-order valence-electron chi connectivity index (χ3n) is 3.50. The van der Waals surface area contributed by atoms with Crippen LogP contribution < -0.4 is 10.6 Å². The Balaban J connectivity index is 2.53. The molecule has 0 fully saturated rings.